The van der Waals surface area contributed by atoms with Crippen LogP contribution in [0.15, 0.2) is 5.10 Å². The molecule has 88 valence electrons. The normalized spacial score (nSPS) is 21.3. The van der Waals surface area contributed by atoms with E-state index < -0.39 is 0 Å². The fraction of sp³-hybridized carbons (Fsp3) is 0.900. The Morgan fingerprint density at radius 2 is 2.20 bits per heavy atom. The molecule has 0 aliphatic carbocycles. The molecule has 5 nitrogen and oxygen atoms in total. The Kier molecular flexibility index (Phi) is 5.01. The lowest BCUT2D eigenvalue weighted by Crippen LogP contribution is -2.48. The first kappa shape index (κ1) is 12.4. The third kappa shape index (κ3) is 3.44. The highest BCUT2D eigenvalue weighted by atomic mass is 16.3. The average molecular weight is 214 g/mol. The number of hydrogen-bond donors (Lipinski definition) is 2. The molecule has 0 saturated carbocycles. The molecule has 1 aliphatic heterocycles. The number of nitrogens with zero attached hydrogens (tertiary/aromatic N) is 3. The molecule has 1 saturated heterocycles. The van der Waals surface area contributed by atoms with E-state index in [1.807, 2.05) is 11.9 Å². The minimum atomic E-state index is -0.0723. The van der Waals surface area contributed by atoms with E-state index in [0.717, 1.165) is 32.5 Å². The van der Waals surface area contributed by atoms with Crippen molar-refractivity contribution in [3.05, 3.63) is 0 Å². The molecule has 1 atom stereocenters. The first-order chi connectivity index (χ1) is 7.19. The van der Waals surface area contributed by atoms with Gasteiger partial charge in [0, 0.05) is 26.4 Å². The molecule has 0 aromatic heterocycles. The van der Waals surface area contributed by atoms with Gasteiger partial charge in [-0.25, -0.2) is 0 Å². The van der Waals surface area contributed by atoms with Crippen molar-refractivity contribution in [3.8, 4) is 0 Å². The summed E-state index contributed by atoms with van der Waals surface area (Å²) in [4.78, 5) is 2.26. The Morgan fingerprint density at radius 1 is 1.60 bits per heavy atom. The van der Waals surface area contributed by atoms with Gasteiger partial charge in [-0.05, 0) is 19.8 Å². The van der Waals surface area contributed by atoms with Crippen LogP contribution in [-0.2, 0) is 0 Å². The number of piperidine rings is 1. The lowest BCUT2D eigenvalue weighted by molar-refractivity contribution is 0.0768. The summed E-state index contributed by atoms with van der Waals surface area (Å²) in [5, 5.41) is 14.7. The summed E-state index contributed by atoms with van der Waals surface area (Å²) in [6, 6.07) is 0.400. The van der Waals surface area contributed by atoms with Crippen molar-refractivity contribution in [2.24, 2.45) is 10.8 Å². The van der Waals surface area contributed by atoms with Crippen LogP contribution in [0.3, 0.4) is 0 Å². The van der Waals surface area contributed by atoms with Crippen molar-refractivity contribution in [1.82, 2.24) is 9.91 Å². The van der Waals surface area contributed by atoms with E-state index in [1.54, 1.807) is 0 Å². The second-order valence-electron chi connectivity index (χ2n) is 4.06. The molecule has 0 bridgehead atoms. The first-order valence-corrected chi connectivity index (χ1v) is 5.52. The molecular weight excluding hydrogens is 192 g/mol. The van der Waals surface area contributed by atoms with Crippen LogP contribution in [0.5, 0.6) is 0 Å². The summed E-state index contributed by atoms with van der Waals surface area (Å²) in [7, 11) is 0. The van der Waals surface area contributed by atoms with Crippen LogP contribution in [0.2, 0.25) is 0 Å². The second-order valence-corrected chi connectivity index (χ2v) is 4.06. The van der Waals surface area contributed by atoms with Gasteiger partial charge in [0.15, 0.2) is 0 Å². The van der Waals surface area contributed by atoms with Gasteiger partial charge < -0.3 is 15.7 Å². The average Bonchev–Trinajstić information content (AvgIpc) is 2.21. The van der Waals surface area contributed by atoms with Gasteiger partial charge in [0.1, 0.15) is 0 Å². The topological polar surface area (TPSA) is 65.1 Å². The molecule has 0 aromatic carbocycles. The zero-order valence-electron chi connectivity index (χ0n) is 9.47. The maximum atomic E-state index is 8.83. The van der Waals surface area contributed by atoms with Gasteiger partial charge in [-0.2, -0.15) is 5.10 Å². The molecule has 1 heterocycles. The number of hydrogen-bond acceptors (Lipinski definition) is 5. The molecular formula is C10H22N4O. The third-order valence-corrected chi connectivity index (χ3v) is 2.93. The Bertz CT molecular complexity index is 190. The summed E-state index contributed by atoms with van der Waals surface area (Å²) in [6.07, 6.45) is 2.01. The van der Waals surface area contributed by atoms with Crippen molar-refractivity contribution < 1.29 is 5.11 Å². The number of aliphatic hydroxyl groups excluding tert-OH is 1. The largest absolute Gasteiger partial charge is 0.395 e. The molecule has 15 heavy (non-hydrogen) atoms. The fourth-order valence-corrected chi connectivity index (χ4v) is 2.13. The molecule has 1 fully saturated rings. The minimum Gasteiger partial charge on any atom is -0.395 e. The molecule has 1 aliphatic rings. The third-order valence-electron chi connectivity index (χ3n) is 2.93. The van der Waals surface area contributed by atoms with Crippen LogP contribution in [0.1, 0.15) is 19.8 Å². The van der Waals surface area contributed by atoms with Crippen molar-refractivity contribution in [2.75, 3.05) is 26.2 Å². The molecule has 3 N–H and O–H groups in total. The van der Waals surface area contributed by atoms with E-state index in [4.69, 9.17) is 10.8 Å². The van der Waals surface area contributed by atoms with Crippen molar-refractivity contribution >= 4 is 6.72 Å². The number of β-amino-alcohol motifs (C(OH)–C–C–N with tert-alkyl or cyclic N) is 1. The zero-order chi connectivity index (χ0) is 11.3. The Balaban J connectivity index is 2.38. The predicted octanol–water partition coefficient (Wildman–Crippen LogP) is -0.335. The molecule has 0 spiro atoms. The number of aliphatic hydroxyl groups is 1. The molecule has 1 unspecified atom stereocenters. The van der Waals surface area contributed by atoms with Gasteiger partial charge in [-0.1, -0.05) is 0 Å². The SMILES string of the molecule is C=NN(C(C)N)C1CCN(CCO)CC1. The monoisotopic (exact) mass is 214 g/mol. The minimum absolute atomic E-state index is 0.0723. The van der Waals surface area contributed by atoms with Crippen molar-refractivity contribution in [1.29, 1.82) is 0 Å². The lowest BCUT2D eigenvalue weighted by Gasteiger charge is -2.38. The van der Waals surface area contributed by atoms with Gasteiger partial charge in [0.25, 0.3) is 0 Å². The smallest absolute Gasteiger partial charge is 0.0913 e. The lowest BCUT2D eigenvalue weighted by atomic mass is 10.0. The van der Waals surface area contributed by atoms with E-state index in [0.29, 0.717) is 6.04 Å². The van der Waals surface area contributed by atoms with E-state index in [1.165, 1.54) is 0 Å². The first-order valence-electron chi connectivity index (χ1n) is 5.52. The van der Waals surface area contributed by atoms with Gasteiger partial charge in [-0.15, -0.1) is 0 Å². The summed E-state index contributed by atoms with van der Waals surface area (Å²) in [5.74, 6) is 0. The molecule has 0 radical (unpaired) electrons. The molecule has 5 heteroatoms. The van der Waals surface area contributed by atoms with E-state index >= 15 is 0 Å². The Labute approximate surface area is 91.5 Å². The van der Waals surface area contributed by atoms with Crippen LogP contribution in [0, 0.1) is 0 Å². The standard InChI is InChI=1S/C10H22N4O/c1-9(11)14(12-2)10-3-5-13(6-4-10)7-8-15/h9-10,15H,2-8,11H2,1H3. The van der Waals surface area contributed by atoms with E-state index in [-0.39, 0.29) is 12.8 Å². The molecule has 1 rings (SSSR count). The van der Waals surface area contributed by atoms with E-state index in [9.17, 15) is 0 Å². The van der Waals surface area contributed by atoms with Crippen molar-refractivity contribution in [3.63, 3.8) is 0 Å². The second kappa shape index (κ2) is 6.05. The van der Waals surface area contributed by atoms with Crippen LogP contribution in [0.25, 0.3) is 0 Å². The summed E-state index contributed by atoms with van der Waals surface area (Å²) >= 11 is 0. The Morgan fingerprint density at radius 3 is 2.60 bits per heavy atom. The summed E-state index contributed by atoms with van der Waals surface area (Å²) in [5.41, 5.74) is 5.81. The van der Waals surface area contributed by atoms with Gasteiger partial charge >= 0.3 is 0 Å². The van der Waals surface area contributed by atoms with Crippen LogP contribution < -0.4 is 5.73 Å². The highest BCUT2D eigenvalue weighted by molar-refractivity contribution is 5.22. The highest BCUT2D eigenvalue weighted by Gasteiger charge is 2.24. The van der Waals surface area contributed by atoms with Gasteiger partial charge in [0.05, 0.1) is 18.8 Å². The van der Waals surface area contributed by atoms with Crippen LogP contribution in [-0.4, -0.2) is 60.2 Å². The zero-order valence-corrected chi connectivity index (χ0v) is 9.47. The number of nitrogens with two attached hydrogens (primary N) is 1. The van der Waals surface area contributed by atoms with Gasteiger partial charge in [-0.3, -0.25) is 5.01 Å². The molecule has 0 amide bonds. The number of likely N-dealkylation sites (tertiary alicyclic amines) is 1. The maximum absolute atomic E-state index is 8.83. The number of hydrazone groups is 1. The van der Waals surface area contributed by atoms with Crippen LogP contribution >= 0.6 is 0 Å². The molecule has 0 aromatic rings. The van der Waals surface area contributed by atoms with Crippen molar-refractivity contribution in [2.45, 2.75) is 32.0 Å². The number of rotatable bonds is 5. The van der Waals surface area contributed by atoms with E-state index in [2.05, 4.69) is 16.7 Å². The summed E-state index contributed by atoms with van der Waals surface area (Å²) in [6.45, 7) is 8.50. The highest BCUT2D eigenvalue weighted by Crippen LogP contribution is 2.17. The van der Waals surface area contributed by atoms with Crippen LogP contribution in [0.4, 0.5) is 0 Å². The fourth-order valence-electron chi connectivity index (χ4n) is 2.13. The van der Waals surface area contributed by atoms with Gasteiger partial charge in [0.2, 0.25) is 0 Å². The predicted molar refractivity (Wildman–Crippen MR) is 61.6 cm³/mol. The maximum Gasteiger partial charge on any atom is 0.0913 e. The summed E-state index contributed by atoms with van der Waals surface area (Å²) < 4.78 is 0. The quantitative estimate of drug-likeness (QED) is 0.373. The Hall–Kier alpha value is -0.650.